The zero-order valence-corrected chi connectivity index (χ0v) is 16.1. The number of primary amides is 1. The van der Waals surface area contributed by atoms with Crippen LogP contribution < -0.4 is 5.73 Å². The van der Waals surface area contributed by atoms with Gasteiger partial charge in [-0.15, -0.1) is 0 Å². The molecule has 3 rings (SSSR count). The van der Waals surface area contributed by atoms with Crippen LogP contribution in [-0.4, -0.2) is 5.91 Å². The fraction of sp³-hybridized carbons (Fsp3) is 0.458. The lowest BCUT2D eigenvalue weighted by Crippen LogP contribution is -2.21. The maximum Gasteiger partial charge on any atom is 0.221 e. The van der Waals surface area contributed by atoms with Crippen molar-refractivity contribution in [3.8, 4) is 11.1 Å². The number of amides is 1. The number of nitrogens with two attached hydrogens (primary N) is 1. The Balaban J connectivity index is 1.58. The fourth-order valence-electron chi connectivity index (χ4n) is 4.04. The molecule has 2 nitrogen and oxygen atoms in total. The van der Waals surface area contributed by atoms with Crippen LogP contribution in [-0.2, 0) is 17.6 Å². The normalized spacial score (nSPS) is 17.2. The Morgan fingerprint density at radius 2 is 1.69 bits per heavy atom. The molecule has 0 spiro atoms. The molecule has 1 saturated carbocycles. The van der Waals surface area contributed by atoms with Crippen molar-refractivity contribution in [3.63, 3.8) is 0 Å². The Morgan fingerprint density at radius 3 is 2.35 bits per heavy atom. The lowest BCUT2D eigenvalue weighted by Gasteiger charge is -2.34. The maximum atomic E-state index is 11.1. The molecule has 26 heavy (non-hydrogen) atoms. The Labute approximate surface area is 157 Å². The van der Waals surface area contributed by atoms with Gasteiger partial charge in [-0.3, -0.25) is 4.79 Å². The standard InChI is InChI=1S/C24H31NO/c1-24(2)14-12-19(13-15-24)7-6-18-8-10-21(11-9-18)22-5-3-4-20(16-22)17-23(25)26/h3-5,8-11,16,19H,6-7,12-15,17H2,1-2H3,(H2,25,26). The van der Waals surface area contributed by atoms with Crippen molar-refractivity contribution in [2.24, 2.45) is 17.1 Å². The predicted molar refractivity (Wildman–Crippen MR) is 109 cm³/mol. The minimum atomic E-state index is -0.288. The van der Waals surface area contributed by atoms with Gasteiger partial charge in [0.25, 0.3) is 0 Å². The van der Waals surface area contributed by atoms with Gasteiger partial charge >= 0.3 is 0 Å². The molecule has 0 saturated heterocycles. The van der Waals surface area contributed by atoms with E-state index in [-0.39, 0.29) is 5.91 Å². The van der Waals surface area contributed by atoms with Crippen molar-refractivity contribution >= 4 is 5.91 Å². The van der Waals surface area contributed by atoms with Crippen LogP contribution in [0.1, 0.15) is 57.1 Å². The van der Waals surface area contributed by atoms with Gasteiger partial charge in [0.1, 0.15) is 0 Å². The number of aryl methyl sites for hydroxylation is 1. The van der Waals surface area contributed by atoms with Crippen LogP contribution in [0.25, 0.3) is 11.1 Å². The van der Waals surface area contributed by atoms with E-state index in [9.17, 15) is 4.79 Å². The Kier molecular flexibility index (Phi) is 5.80. The molecule has 1 aliphatic carbocycles. The van der Waals surface area contributed by atoms with Gasteiger partial charge in [-0.2, -0.15) is 0 Å². The van der Waals surface area contributed by atoms with E-state index in [0.717, 1.165) is 17.0 Å². The predicted octanol–water partition coefficient (Wildman–Crippen LogP) is 5.53. The average Bonchev–Trinajstić information content (AvgIpc) is 2.61. The molecule has 0 heterocycles. The molecule has 0 atom stereocenters. The molecule has 1 amide bonds. The molecule has 0 aromatic heterocycles. The third-order valence-corrected chi connectivity index (χ3v) is 5.89. The Hall–Kier alpha value is -2.09. The number of carbonyl (C=O) groups is 1. The zero-order chi connectivity index (χ0) is 18.6. The highest BCUT2D eigenvalue weighted by atomic mass is 16.1. The van der Waals surface area contributed by atoms with Crippen LogP contribution in [0.2, 0.25) is 0 Å². The highest BCUT2D eigenvalue weighted by Crippen LogP contribution is 2.39. The summed E-state index contributed by atoms with van der Waals surface area (Å²) in [4.78, 5) is 11.1. The van der Waals surface area contributed by atoms with Gasteiger partial charge in [0.2, 0.25) is 5.91 Å². The zero-order valence-electron chi connectivity index (χ0n) is 16.1. The van der Waals surface area contributed by atoms with Crippen LogP contribution in [0.5, 0.6) is 0 Å². The van der Waals surface area contributed by atoms with Gasteiger partial charge in [0, 0.05) is 0 Å². The highest BCUT2D eigenvalue weighted by molar-refractivity contribution is 5.77. The summed E-state index contributed by atoms with van der Waals surface area (Å²) in [5, 5.41) is 0. The van der Waals surface area contributed by atoms with Crippen LogP contribution in [0.3, 0.4) is 0 Å². The molecule has 0 radical (unpaired) electrons. The topological polar surface area (TPSA) is 43.1 Å². The summed E-state index contributed by atoms with van der Waals surface area (Å²) < 4.78 is 0. The van der Waals surface area contributed by atoms with Crippen molar-refractivity contribution in [2.45, 2.75) is 58.8 Å². The smallest absolute Gasteiger partial charge is 0.221 e. The maximum absolute atomic E-state index is 11.1. The van der Waals surface area contributed by atoms with Gasteiger partial charge in [-0.25, -0.2) is 0 Å². The summed E-state index contributed by atoms with van der Waals surface area (Å²) in [5.41, 5.74) is 10.6. The van der Waals surface area contributed by atoms with E-state index in [1.165, 1.54) is 49.7 Å². The molecule has 0 aliphatic heterocycles. The fourth-order valence-corrected chi connectivity index (χ4v) is 4.04. The van der Waals surface area contributed by atoms with Crippen LogP contribution >= 0.6 is 0 Å². The first-order valence-electron chi connectivity index (χ1n) is 9.88. The molecular weight excluding hydrogens is 318 g/mol. The summed E-state index contributed by atoms with van der Waals surface area (Å²) in [6.07, 6.45) is 8.30. The second-order valence-corrected chi connectivity index (χ2v) is 8.69. The molecule has 0 unspecified atom stereocenters. The Bertz CT molecular complexity index is 735. The number of hydrogen-bond donors (Lipinski definition) is 1. The number of benzene rings is 2. The molecule has 2 N–H and O–H groups in total. The van der Waals surface area contributed by atoms with Crippen molar-refractivity contribution < 1.29 is 4.79 Å². The first-order valence-corrected chi connectivity index (χ1v) is 9.88. The van der Waals surface area contributed by atoms with Crippen molar-refractivity contribution in [1.82, 2.24) is 0 Å². The van der Waals surface area contributed by atoms with E-state index < -0.39 is 0 Å². The van der Waals surface area contributed by atoms with Crippen molar-refractivity contribution in [2.75, 3.05) is 0 Å². The summed E-state index contributed by atoms with van der Waals surface area (Å²) >= 11 is 0. The van der Waals surface area contributed by atoms with E-state index in [4.69, 9.17) is 5.73 Å². The number of rotatable bonds is 6. The molecule has 1 aliphatic rings. The van der Waals surface area contributed by atoms with Crippen molar-refractivity contribution in [3.05, 3.63) is 59.7 Å². The molecule has 138 valence electrons. The third-order valence-electron chi connectivity index (χ3n) is 5.89. The van der Waals surface area contributed by atoms with Gasteiger partial charge in [-0.05, 0) is 72.1 Å². The van der Waals surface area contributed by atoms with Crippen LogP contribution in [0.4, 0.5) is 0 Å². The molecule has 0 bridgehead atoms. The largest absolute Gasteiger partial charge is 0.369 e. The van der Waals surface area contributed by atoms with Crippen LogP contribution in [0, 0.1) is 11.3 Å². The quantitative estimate of drug-likeness (QED) is 0.732. The van der Waals surface area contributed by atoms with Gasteiger partial charge in [0.05, 0.1) is 6.42 Å². The lowest BCUT2D eigenvalue weighted by atomic mass is 9.72. The molecular formula is C24H31NO. The first kappa shape index (κ1) is 18.7. The summed E-state index contributed by atoms with van der Waals surface area (Å²) in [7, 11) is 0. The van der Waals surface area contributed by atoms with Gasteiger partial charge < -0.3 is 5.73 Å². The second-order valence-electron chi connectivity index (χ2n) is 8.69. The lowest BCUT2D eigenvalue weighted by molar-refractivity contribution is -0.117. The average molecular weight is 350 g/mol. The van der Waals surface area contributed by atoms with Crippen molar-refractivity contribution in [1.29, 1.82) is 0 Å². The molecule has 2 aromatic carbocycles. The SMILES string of the molecule is CC1(C)CCC(CCc2ccc(-c3cccc(CC(N)=O)c3)cc2)CC1. The van der Waals surface area contributed by atoms with Gasteiger partial charge in [-0.1, -0.05) is 62.4 Å². The van der Waals surface area contributed by atoms with E-state index >= 15 is 0 Å². The van der Waals surface area contributed by atoms with E-state index in [0.29, 0.717) is 11.8 Å². The monoisotopic (exact) mass is 349 g/mol. The number of carbonyl (C=O) groups excluding carboxylic acids is 1. The van der Waals surface area contributed by atoms with E-state index in [1.807, 2.05) is 12.1 Å². The Morgan fingerprint density at radius 1 is 1.00 bits per heavy atom. The summed E-state index contributed by atoms with van der Waals surface area (Å²) in [6.45, 7) is 4.81. The minimum absolute atomic E-state index is 0.288. The van der Waals surface area contributed by atoms with E-state index in [1.54, 1.807) is 0 Å². The minimum Gasteiger partial charge on any atom is -0.369 e. The molecule has 2 aromatic rings. The number of hydrogen-bond acceptors (Lipinski definition) is 1. The van der Waals surface area contributed by atoms with Crippen LogP contribution in [0.15, 0.2) is 48.5 Å². The first-order chi connectivity index (χ1) is 12.4. The molecule has 2 heteroatoms. The van der Waals surface area contributed by atoms with E-state index in [2.05, 4.69) is 50.2 Å². The third kappa shape index (κ3) is 5.20. The highest BCUT2D eigenvalue weighted by Gasteiger charge is 2.26. The molecule has 1 fully saturated rings. The summed E-state index contributed by atoms with van der Waals surface area (Å²) in [5.74, 6) is 0.608. The second kappa shape index (κ2) is 8.07. The van der Waals surface area contributed by atoms with Gasteiger partial charge in [0.15, 0.2) is 0 Å². The summed E-state index contributed by atoms with van der Waals surface area (Å²) in [6, 6.07) is 17.0.